The van der Waals surface area contributed by atoms with Crippen LogP contribution in [0.15, 0.2) is 36.5 Å². The van der Waals surface area contributed by atoms with Crippen LogP contribution in [0.3, 0.4) is 0 Å². The summed E-state index contributed by atoms with van der Waals surface area (Å²) < 4.78 is 0. The van der Waals surface area contributed by atoms with Gasteiger partial charge in [-0.3, -0.25) is 15.5 Å². The number of aromatic nitrogens is 2. The van der Waals surface area contributed by atoms with Crippen LogP contribution in [-0.2, 0) is 0 Å². The lowest BCUT2D eigenvalue weighted by Gasteiger charge is -2.12. The molecule has 0 aliphatic carbocycles. The third-order valence-electron chi connectivity index (χ3n) is 2.74. The minimum Gasteiger partial charge on any atom is -0.387 e. The molecule has 110 valence electrons. The fourth-order valence-electron chi connectivity index (χ4n) is 1.70. The Kier molecular flexibility index (Phi) is 4.59. The zero-order valence-corrected chi connectivity index (χ0v) is 10.9. The van der Waals surface area contributed by atoms with Gasteiger partial charge >= 0.3 is 5.69 Å². The van der Waals surface area contributed by atoms with Crippen molar-refractivity contribution < 1.29 is 10.0 Å². The van der Waals surface area contributed by atoms with Crippen molar-refractivity contribution in [3.05, 3.63) is 52.2 Å². The van der Waals surface area contributed by atoms with Gasteiger partial charge in [0.05, 0.1) is 11.0 Å². The van der Waals surface area contributed by atoms with E-state index in [1.54, 1.807) is 24.3 Å². The Balaban J connectivity index is 2.13. The number of nitrogens with zero attached hydrogens (tertiary/aromatic N) is 3. The summed E-state index contributed by atoms with van der Waals surface area (Å²) in [4.78, 5) is 17.8. The van der Waals surface area contributed by atoms with Crippen LogP contribution in [-0.4, -0.2) is 26.5 Å². The average molecular weight is 290 g/mol. The smallest absolute Gasteiger partial charge is 0.329 e. The normalized spacial score (nSPS) is 11.7. The van der Waals surface area contributed by atoms with Crippen molar-refractivity contribution in [3.63, 3.8) is 0 Å². The third kappa shape index (κ3) is 3.61. The number of hydrogen-bond acceptors (Lipinski definition) is 8. The second kappa shape index (κ2) is 6.59. The van der Waals surface area contributed by atoms with Crippen molar-refractivity contribution in [2.24, 2.45) is 5.84 Å². The molecule has 0 aliphatic rings. The average Bonchev–Trinajstić information content (AvgIpc) is 2.52. The van der Waals surface area contributed by atoms with E-state index in [1.807, 2.05) is 6.07 Å². The van der Waals surface area contributed by atoms with E-state index in [0.29, 0.717) is 5.56 Å². The van der Waals surface area contributed by atoms with Crippen LogP contribution < -0.4 is 16.6 Å². The minimum absolute atomic E-state index is 0.0158. The van der Waals surface area contributed by atoms with E-state index < -0.39 is 11.0 Å². The van der Waals surface area contributed by atoms with Crippen molar-refractivity contribution in [2.75, 3.05) is 17.3 Å². The molecule has 1 heterocycles. The fourth-order valence-corrected chi connectivity index (χ4v) is 1.70. The molecule has 9 nitrogen and oxygen atoms in total. The Bertz CT molecular complexity index is 622. The molecule has 0 aliphatic heterocycles. The quantitative estimate of drug-likeness (QED) is 0.348. The van der Waals surface area contributed by atoms with Gasteiger partial charge in [-0.05, 0) is 5.56 Å². The van der Waals surface area contributed by atoms with Crippen molar-refractivity contribution >= 4 is 17.5 Å². The van der Waals surface area contributed by atoms with E-state index in [2.05, 4.69) is 20.7 Å². The van der Waals surface area contributed by atoms with E-state index in [1.165, 1.54) is 0 Å². The van der Waals surface area contributed by atoms with Crippen LogP contribution in [0.2, 0.25) is 0 Å². The number of aliphatic hydroxyl groups is 1. The molecule has 0 saturated heterocycles. The molecule has 9 heteroatoms. The molecule has 1 aromatic carbocycles. The van der Waals surface area contributed by atoms with Crippen LogP contribution in [0.4, 0.5) is 17.5 Å². The topological polar surface area (TPSA) is 139 Å². The maximum atomic E-state index is 10.9. The van der Waals surface area contributed by atoms with Crippen molar-refractivity contribution in [3.8, 4) is 0 Å². The number of aliphatic hydroxyl groups excluding tert-OH is 1. The Labute approximate surface area is 120 Å². The molecule has 0 amide bonds. The molecule has 21 heavy (non-hydrogen) atoms. The molecule has 0 fully saturated rings. The molecule has 0 saturated carbocycles. The standard InChI is InChI=1S/C12H14N6O3/c13-17-12-15-6-9(18(20)21)11(16-12)14-7-10(19)8-4-2-1-3-5-8/h1-6,10,19H,7,13H2,(H2,14,15,16,17). The van der Waals surface area contributed by atoms with E-state index in [-0.39, 0.29) is 24.0 Å². The SMILES string of the molecule is NNc1ncc([N+](=O)[O-])c(NCC(O)c2ccccc2)n1. The monoisotopic (exact) mass is 290 g/mol. The number of nitrogens with one attached hydrogen (secondary N) is 2. The Morgan fingerprint density at radius 3 is 2.71 bits per heavy atom. The van der Waals surface area contributed by atoms with E-state index in [4.69, 9.17) is 5.84 Å². The summed E-state index contributed by atoms with van der Waals surface area (Å²) in [5, 5.41) is 23.7. The van der Waals surface area contributed by atoms with Gasteiger partial charge in [0.2, 0.25) is 11.8 Å². The third-order valence-corrected chi connectivity index (χ3v) is 2.74. The summed E-state index contributed by atoms with van der Waals surface area (Å²) in [6.07, 6.45) is 0.217. The molecule has 0 spiro atoms. The second-order valence-electron chi connectivity index (χ2n) is 4.14. The van der Waals surface area contributed by atoms with Gasteiger partial charge in [-0.1, -0.05) is 30.3 Å². The number of anilines is 2. The minimum atomic E-state index is -0.824. The highest BCUT2D eigenvalue weighted by Crippen LogP contribution is 2.22. The predicted molar refractivity (Wildman–Crippen MR) is 76.4 cm³/mol. The number of hydrogen-bond donors (Lipinski definition) is 4. The summed E-state index contributed by atoms with van der Waals surface area (Å²) >= 11 is 0. The fraction of sp³-hybridized carbons (Fsp3) is 0.167. The number of hydrazine groups is 1. The van der Waals surface area contributed by atoms with Gasteiger partial charge in [-0.25, -0.2) is 10.8 Å². The molecule has 2 rings (SSSR count). The van der Waals surface area contributed by atoms with Gasteiger partial charge in [-0.15, -0.1) is 0 Å². The molecular formula is C12H14N6O3. The van der Waals surface area contributed by atoms with Crippen LogP contribution in [0, 0.1) is 10.1 Å². The van der Waals surface area contributed by atoms with Crippen LogP contribution in [0.1, 0.15) is 11.7 Å². The summed E-state index contributed by atoms with van der Waals surface area (Å²) in [5.74, 6) is 5.19. The number of nitro groups is 1. The van der Waals surface area contributed by atoms with Gasteiger partial charge in [0.15, 0.2) is 0 Å². The highest BCUT2D eigenvalue weighted by atomic mass is 16.6. The zero-order valence-electron chi connectivity index (χ0n) is 10.9. The van der Waals surface area contributed by atoms with Crippen LogP contribution >= 0.6 is 0 Å². The largest absolute Gasteiger partial charge is 0.387 e. The van der Waals surface area contributed by atoms with Gasteiger partial charge in [-0.2, -0.15) is 4.98 Å². The first-order chi connectivity index (χ1) is 10.1. The first-order valence-electron chi connectivity index (χ1n) is 6.06. The summed E-state index contributed by atoms with van der Waals surface area (Å²) in [5.41, 5.74) is 2.60. The molecule has 1 unspecified atom stereocenters. The maximum Gasteiger partial charge on any atom is 0.329 e. The van der Waals surface area contributed by atoms with Gasteiger partial charge in [0.1, 0.15) is 6.20 Å². The number of benzene rings is 1. The second-order valence-corrected chi connectivity index (χ2v) is 4.14. The van der Waals surface area contributed by atoms with E-state index >= 15 is 0 Å². The van der Waals surface area contributed by atoms with Crippen LogP contribution in [0.25, 0.3) is 0 Å². The van der Waals surface area contributed by atoms with Crippen molar-refractivity contribution in [2.45, 2.75) is 6.10 Å². The van der Waals surface area contributed by atoms with Gasteiger partial charge in [0, 0.05) is 6.54 Å². The van der Waals surface area contributed by atoms with Crippen molar-refractivity contribution in [1.82, 2.24) is 9.97 Å². The van der Waals surface area contributed by atoms with Gasteiger partial charge < -0.3 is 10.4 Å². The Hall–Kier alpha value is -2.78. The Morgan fingerprint density at radius 1 is 1.38 bits per heavy atom. The highest BCUT2D eigenvalue weighted by Gasteiger charge is 2.18. The molecule has 5 N–H and O–H groups in total. The van der Waals surface area contributed by atoms with Crippen LogP contribution in [0.5, 0.6) is 0 Å². The first-order valence-corrected chi connectivity index (χ1v) is 6.06. The number of nitrogen functional groups attached to an aromatic ring is 1. The number of nitrogens with two attached hydrogens (primary N) is 1. The predicted octanol–water partition coefficient (Wildman–Crippen LogP) is 0.816. The van der Waals surface area contributed by atoms with Crippen molar-refractivity contribution in [1.29, 1.82) is 0 Å². The van der Waals surface area contributed by atoms with E-state index in [0.717, 1.165) is 6.20 Å². The number of rotatable bonds is 6. The van der Waals surface area contributed by atoms with Gasteiger partial charge in [0.25, 0.3) is 0 Å². The zero-order chi connectivity index (χ0) is 15.2. The maximum absolute atomic E-state index is 10.9. The molecular weight excluding hydrogens is 276 g/mol. The highest BCUT2D eigenvalue weighted by molar-refractivity contribution is 5.56. The van der Waals surface area contributed by atoms with E-state index in [9.17, 15) is 15.2 Å². The molecule has 1 aromatic heterocycles. The lowest BCUT2D eigenvalue weighted by molar-refractivity contribution is -0.384. The molecule has 0 bridgehead atoms. The first kappa shape index (κ1) is 14.6. The Morgan fingerprint density at radius 2 is 2.10 bits per heavy atom. The summed E-state index contributed by atoms with van der Waals surface area (Å²) in [6, 6.07) is 8.93. The molecule has 2 aromatic rings. The lowest BCUT2D eigenvalue weighted by atomic mass is 10.1. The molecule has 1 atom stereocenters. The molecule has 0 radical (unpaired) electrons. The lowest BCUT2D eigenvalue weighted by Crippen LogP contribution is -2.16. The summed E-state index contributed by atoms with van der Waals surface area (Å²) in [6.45, 7) is 0.0614. The summed E-state index contributed by atoms with van der Waals surface area (Å²) in [7, 11) is 0.